The molecular formula is C18H28N4O. The SMILES string of the molecule is CCNC(=NCC(C)N1CCc2ccccc21)N1CC[C@@H](O)C1. The van der Waals surface area contributed by atoms with Gasteiger partial charge in [0.05, 0.1) is 12.6 Å². The van der Waals surface area contributed by atoms with Crippen LogP contribution in [-0.2, 0) is 6.42 Å². The minimum absolute atomic E-state index is 0.221. The molecule has 126 valence electrons. The summed E-state index contributed by atoms with van der Waals surface area (Å²) in [6.07, 6.45) is 1.74. The van der Waals surface area contributed by atoms with Crippen molar-refractivity contribution in [3.63, 3.8) is 0 Å². The first-order valence-corrected chi connectivity index (χ1v) is 8.75. The molecule has 3 rings (SSSR count). The Kier molecular flexibility index (Phi) is 5.06. The first-order valence-electron chi connectivity index (χ1n) is 8.75. The third-order valence-electron chi connectivity index (χ3n) is 4.76. The van der Waals surface area contributed by atoms with E-state index in [0.29, 0.717) is 12.6 Å². The molecule has 0 bridgehead atoms. The number of nitrogens with zero attached hydrogens (tertiary/aromatic N) is 3. The lowest BCUT2D eigenvalue weighted by molar-refractivity contribution is 0.188. The summed E-state index contributed by atoms with van der Waals surface area (Å²) in [5.41, 5.74) is 2.80. The summed E-state index contributed by atoms with van der Waals surface area (Å²) in [4.78, 5) is 9.45. The molecule has 2 aliphatic rings. The number of para-hydroxylation sites is 1. The van der Waals surface area contributed by atoms with E-state index < -0.39 is 0 Å². The van der Waals surface area contributed by atoms with Crippen molar-refractivity contribution in [3.8, 4) is 0 Å². The number of aliphatic imine (C=N–C) groups is 1. The van der Waals surface area contributed by atoms with E-state index in [1.54, 1.807) is 0 Å². The highest BCUT2D eigenvalue weighted by atomic mass is 16.3. The maximum Gasteiger partial charge on any atom is 0.194 e. The Balaban J connectivity index is 1.65. The van der Waals surface area contributed by atoms with Gasteiger partial charge in [0.2, 0.25) is 0 Å². The van der Waals surface area contributed by atoms with Gasteiger partial charge in [-0.3, -0.25) is 4.99 Å². The lowest BCUT2D eigenvalue weighted by Gasteiger charge is -2.27. The van der Waals surface area contributed by atoms with Gasteiger partial charge >= 0.3 is 0 Å². The van der Waals surface area contributed by atoms with E-state index in [0.717, 1.165) is 45.0 Å². The molecule has 0 saturated carbocycles. The second-order valence-electron chi connectivity index (χ2n) is 6.50. The minimum atomic E-state index is -0.221. The smallest absolute Gasteiger partial charge is 0.194 e. The second kappa shape index (κ2) is 7.21. The predicted octanol–water partition coefficient (Wildman–Crippen LogP) is 1.47. The van der Waals surface area contributed by atoms with Gasteiger partial charge in [-0.25, -0.2) is 0 Å². The van der Waals surface area contributed by atoms with Gasteiger partial charge in [0.15, 0.2) is 5.96 Å². The number of fused-ring (bicyclic) bond motifs is 1. The van der Waals surface area contributed by atoms with Crippen molar-refractivity contribution in [1.29, 1.82) is 0 Å². The lowest BCUT2D eigenvalue weighted by atomic mass is 10.2. The van der Waals surface area contributed by atoms with Crippen molar-refractivity contribution >= 4 is 11.6 Å². The standard InChI is InChI=1S/C18H28N4O/c1-3-19-18(21-10-9-16(23)13-21)20-12-14(2)22-11-8-15-6-4-5-7-17(15)22/h4-7,14,16,23H,3,8-13H2,1-2H3,(H,19,20)/t14?,16-/m1/s1. The average Bonchev–Trinajstić information content (AvgIpc) is 3.17. The number of rotatable bonds is 4. The van der Waals surface area contributed by atoms with Crippen LogP contribution in [-0.4, -0.2) is 60.8 Å². The fraction of sp³-hybridized carbons (Fsp3) is 0.611. The molecule has 2 aliphatic heterocycles. The Morgan fingerprint density at radius 2 is 2.22 bits per heavy atom. The summed E-state index contributed by atoms with van der Waals surface area (Å²) < 4.78 is 0. The Morgan fingerprint density at radius 3 is 2.96 bits per heavy atom. The van der Waals surface area contributed by atoms with Crippen molar-refractivity contribution in [2.24, 2.45) is 4.99 Å². The third kappa shape index (κ3) is 3.61. The zero-order valence-electron chi connectivity index (χ0n) is 14.2. The molecule has 1 saturated heterocycles. The Labute approximate surface area is 139 Å². The predicted molar refractivity (Wildman–Crippen MR) is 95.1 cm³/mol. The van der Waals surface area contributed by atoms with Crippen LogP contribution in [0.2, 0.25) is 0 Å². The Morgan fingerprint density at radius 1 is 1.39 bits per heavy atom. The fourth-order valence-corrected chi connectivity index (χ4v) is 3.50. The molecule has 0 radical (unpaired) electrons. The van der Waals surface area contributed by atoms with E-state index in [2.05, 4.69) is 53.2 Å². The van der Waals surface area contributed by atoms with Crippen molar-refractivity contribution in [1.82, 2.24) is 10.2 Å². The van der Waals surface area contributed by atoms with E-state index in [9.17, 15) is 5.11 Å². The van der Waals surface area contributed by atoms with Gasteiger partial charge in [0, 0.05) is 37.9 Å². The summed E-state index contributed by atoms with van der Waals surface area (Å²) in [7, 11) is 0. The molecule has 5 nitrogen and oxygen atoms in total. The molecule has 2 N–H and O–H groups in total. The molecule has 0 aromatic heterocycles. The van der Waals surface area contributed by atoms with Gasteiger partial charge in [0.1, 0.15) is 0 Å². The number of benzene rings is 1. The number of likely N-dealkylation sites (tertiary alicyclic amines) is 1. The van der Waals surface area contributed by atoms with Crippen molar-refractivity contribution in [2.75, 3.05) is 37.6 Å². The van der Waals surface area contributed by atoms with Crippen LogP contribution in [0.15, 0.2) is 29.3 Å². The molecule has 0 amide bonds. The van der Waals surface area contributed by atoms with Crippen LogP contribution in [0.4, 0.5) is 5.69 Å². The summed E-state index contributed by atoms with van der Waals surface area (Å²) in [5, 5.41) is 13.1. The molecule has 1 aromatic rings. The highest BCUT2D eigenvalue weighted by Crippen LogP contribution is 2.29. The first-order chi connectivity index (χ1) is 11.2. The Hall–Kier alpha value is -1.75. The highest BCUT2D eigenvalue weighted by Gasteiger charge is 2.25. The van der Waals surface area contributed by atoms with Gasteiger partial charge in [-0.05, 0) is 38.3 Å². The lowest BCUT2D eigenvalue weighted by Crippen LogP contribution is -2.42. The molecule has 1 fully saturated rings. The van der Waals surface area contributed by atoms with Crippen LogP contribution in [0.1, 0.15) is 25.8 Å². The van der Waals surface area contributed by atoms with Gasteiger partial charge in [-0.15, -0.1) is 0 Å². The van der Waals surface area contributed by atoms with Gasteiger partial charge in [-0.2, -0.15) is 0 Å². The van der Waals surface area contributed by atoms with Crippen molar-refractivity contribution in [2.45, 2.75) is 38.8 Å². The topological polar surface area (TPSA) is 51.1 Å². The molecule has 1 unspecified atom stereocenters. The van der Waals surface area contributed by atoms with Crippen LogP contribution < -0.4 is 10.2 Å². The van der Waals surface area contributed by atoms with E-state index in [-0.39, 0.29) is 6.10 Å². The van der Waals surface area contributed by atoms with E-state index >= 15 is 0 Å². The highest BCUT2D eigenvalue weighted by molar-refractivity contribution is 5.80. The second-order valence-corrected chi connectivity index (χ2v) is 6.50. The maximum absolute atomic E-state index is 9.74. The zero-order chi connectivity index (χ0) is 16.2. The third-order valence-corrected chi connectivity index (χ3v) is 4.76. The van der Waals surface area contributed by atoms with Gasteiger partial charge in [-0.1, -0.05) is 18.2 Å². The molecule has 5 heteroatoms. The monoisotopic (exact) mass is 316 g/mol. The molecular weight excluding hydrogens is 288 g/mol. The number of nitrogens with one attached hydrogen (secondary N) is 1. The van der Waals surface area contributed by atoms with Gasteiger partial charge < -0.3 is 20.2 Å². The number of hydrogen-bond acceptors (Lipinski definition) is 3. The van der Waals surface area contributed by atoms with Crippen molar-refractivity contribution < 1.29 is 5.11 Å². The van der Waals surface area contributed by atoms with Crippen molar-refractivity contribution in [3.05, 3.63) is 29.8 Å². The summed E-state index contributed by atoms with van der Waals surface area (Å²) in [6, 6.07) is 9.04. The zero-order valence-corrected chi connectivity index (χ0v) is 14.2. The number of β-amino-alcohol motifs (C(OH)–C–C–N with tert-alkyl or cyclic N) is 1. The minimum Gasteiger partial charge on any atom is -0.391 e. The van der Waals surface area contributed by atoms with Crippen LogP contribution in [0, 0.1) is 0 Å². The van der Waals surface area contributed by atoms with Gasteiger partial charge in [0.25, 0.3) is 0 Å². The molecule has 1 aromatic carbocycles. The Bertz CT molecular complexity index is 560. The molecule has 0 spiro atoms. The molecule has 23 heavy (non-hydrogen) atoms. The van der Waals surface area contributed by atoms with Crippen LogP contribution in [0.3, 0.4) is 0 Å². The normalized spacial score (nSPS) is 22.4. The summed E-state index contributed by atoms with van der Waals surface area (Å²) in [6.45, 7) is 8.60. The molecule has 2 atom stereocenters. The first kappa shape index (κ1) is 16.1. The largest absolute Gasteiger partial charge is 0.391 e. The van der Waals surface area contributed by atoms with Crippen LogP contribution >= 0.6 is 0 Å². The van der Waals surface area contributed by atoms with Crippen LogP contribution in [0.25, 0.3) is 0 Å². The summed E-state index contributed by atoms with van der Waals surface area (Å²) in [5.74, 6) is 0.934. The number of hydrogen-bond donors (Lipinski definition) is 2. The van der Waals surface area contributed by atoms with E-state index in [1.807, 2.05) is 0 Å². The summed E-state index contributed by atoms with van der Waals surface area (Å²) >= 11 is 0. The van der Waals surface area contributed by atoms with E-state index in [1.165, 1.54) is 11.3 Å². The van der Waals surface area contributed by atoms with Crippen LogP contribution in [0.5, 0.6) is 0 Å². The number of aliphatic hydroxyl groups excluding tert-OH is 1. The fourth-order valence-electron chi connectivity index (χ4n) is 3.50. The maximum atomic E-state index is 9.74. The molecule has 0 aliphatic carbocycles. The number of aliphatic hydroxyl groups is 1. The quantitative estimate of drug-likeness (QED) is 0.652. The number of anilines is 1. The average molecular weight is 316 g/mol. The van der Waals surface area contributed by atoms with E-state index in [4.69, 9.17) is 4.99 Å². The number of guanidine groups is 1. The molecule has 2 heterocycles.